The Morgan fingerprint density at radius 1 is 1.08 bits per heavy atom. The summed E-state index contributed by atoms with van der Waals surface area (Å²) in [5.41, 5.74) is 0.688. The molecule has 3 rings (SSSR count). The minimum absolute atomic E-state index is 0.413. The van der Waals surface area contributed by atoms with Gasteiger partial charge in [0.15, 0.2) is 5.82 Å². The molecule has 2 aromatic rings. The molecule has 25 heavy (non-hydrogen) atoms. The van der Waals surface area contributed by atoms with Crippen LogP contribution in [-0.2, 0) is 0 Å². The van der Waals surface area contributed by atoms with Crippen LogP contribution in [-0.4, -0.2) is 35.4 Å². The Balaban J connectivity index is 1.77. The van der Waals surface area contributed by atoms with E-state index < -0.39 is 0 Å². The van der Waals surface area contributed by atoms with E-state index >= 15 is 0 Å². The summed E-state index contributed by atoms with van der Waals surface area (Å²) in [6.45, 7) is 0. The first kappa shape index (κ1) is 17.5. The summed E-state index contributed by atoms with van der Waals surface area (Å²) in [5, 5.41) is 15.1. The largest absolute Gasteiger partial charge is 0.495 e. The van der Waals surface area contributed by atoms with Crippen molar-refractivity contribution in [3.8, 4) is 11.5 Å². The number of hydrogen-bond donors (Lipinski definition) is 2. The number of ether oxygens (including phenoxy) is 2. The third-order valence-corrected chi connectivity index (χ3v) is 4.53. The average molecular weight is 364 g/mol. The molecule has 1 fully saturated rings. The Labute approximate surface area is 152 Å². The van der Waals surface area contributed by atoms with E-state index in [1.54, 1.807) is 32.5 Å². The molecule has 0 amide bonds. The minimum atomic E-state index is 0.413. The zero-order chi connectivity index (χ0) is 17.6. The van der Waals surface area contributed by atoms with Crippen molar-refractivity contribution in [1.82, 2.24) is 15.2 Å². The van der Waals surface area contributed by atoms with Gasteiger partial charge in [-0.15, -0.1) is 5.10 Å². The molecule has 0 atom stereocenters. The van der Waals surface area contributed by atoms with Gasteiger partial charge in [-0.25, -0.2) is 0 Å². The van der Waals surface area contributed by atoms with Crippen molar-refractivity contribution in [1.29, 1.82) is 0 Å². The Bertz CT molecular complexity index is 722. The van der Waals surface area contributed by atoms with Crippen LogP contribution >= 0.6 is 11.6 Å². The second-order valence-corrected chi connectivity index (χ2v) is 6.36. The van der Waals surface area contributed by atoms with Crippen molar-refractivity contribution < 1.29 is 9.47 Å². The van der Waals surface area contributed by atoms with E-state index in [0.29, 0.717) is 40.0 Å². The molecule has 1 heterocycles. The Morgan fingerprint density at radius 2 is 1.84 bits per heavy atom. The second-order valence-electron chi connectivity index (χ2n) is 5.96. The van der Waals surface area contributed by atoms with Gasteiger partial charge >= 0.3 is 0 Å². The maximum absolute atomic E-state index is 6.14. The van der Waals surface area contributed by atoms with Crippen LogP contribution in [0.25, 0.3) is 0 Å². The number of nitrogens with one attached hydrogen (secondary N) is 2. The van der Waals surface area contributed by atoms with Gasteiger partial charge in [-0.1, -0.05) is 30.9 Å². The van der Waals surface area contributed by atoms with Gasteiger partial charge in [0, 0.05) is 18.2 Å². The molecule has 0 unspecified atom stereocenters. The van der Waals surface area contributed by atoms with E-state index in [2.05, 4.69) is 25.8 Å². The monoisotopic (exact) mass is 363 g/mol. The van der Waals surface area contributed by atoms with Gasteiger partial charge in [0.2, 0.25) is 5.95 Å². The summed E-state index contributed by atoms with van der Waals surface area (Å²) in [5.74, 6) is 2.23. The van der Waals surface area contributed by atoms with Gasteiger partial charge in [0.25, 0.3) is 0 Å². The molecule has 134 valence electrons. The predicted octanol–water partition coefficient (Wildman–Crippen LogP) is 4.03. The summed E-state index contributed by atoms with van der Waals surface area (Å²) in [4.78, 5) is 4.49. The van der Waals surface area contributed by atoms with E-state index in [-0.39, 0.29) is 0 Å². The molecule has 1 aliphatic rings. The maximum Gasteiger partial charge on any atom is 0.244 e. The number of hydrogen-bond acceptors (Lipinski definition) is 7. The van der Waals surface area contributed by atoms with Crippen LogP contribution < -0.4 is 20.1 Å². The molecular formula is C17H22ClN5O2. The third kappa shape index (κ3) is 4.42. The molecule has 1 aromatic heterocycles. The van der Waals surface area contributed by atoms with Gasteiger partial charge in [-0.2, -0.15) is 10.1 Å². The Morgan fingerprint density at radius 3 is 2.56 bits per heavy atom. The molecule has 7 nitrogen and oxygen atoms in total. The highest BCUT2D eigenvalue weighted by Crippen LogP contribution is 2.37. The number of anilines is 3. The maximum atomic E-state index is 6.14. The number of aromatic nitrogens is 3. The highest BCUT2D eigenvalue weighted by molar-refractivity contribution is 6.32. The van der Waals surface area contributed by atoms with Gasteiger partial charge in [-0.3, -0.25) is 0 Å². The molecule has 1 aromatic carbocycles. The Hall–Kier alpha value is -2.28. The van der Waals surface area contributed by atoms with Crippen LogP contribution in [0, 0.1) is 0 Å². The number of methoxy groups -OCH3 is 2. The zero-order valence-corrected chi connectivity index (χ0v) is 15.1. The molecule has 0 bridgehead atoms. The lowest BCUT2D eigenvalue weighted by atomic mass is 9.96. The van der Waals surface area contributed by atoms with E-state index in [4.69, 9.17) is 21.1 Å². The van der Waals surface area contributed by atoms with Gasteiger partial charge < -0.3 is 20.1 Å². The minimum Gasteiger partial charge on any atom is -0.495 e. The molecule has 0 spiro atoms. The average Bonchev–Trinajstić information content (AvgIpc) is 2.64. The predicted molar refractivity (Wildman–Crippen MR) is 98.2 cm³/mol. The fraction of sp³-hybridized carbons (Fsp3) is 0.471. The van der Waals surface area contributed by atoms with Crippen LogP contribution in [0.3, 0.4) is 0 Å². The third-order valence-electron chi connectivity index (χ3n) is 4.23. The van der Waals surface area contributed by atoms with Crippen LogP contribution in [0.15, 0.2) is 18.3 Å². The summed E-state index contributed by atoms with van der Waals surface area (Å²) < 4.78 is 10.6. The van der Waals surface area contributed by atoms with Crippen LogP contribution in [0.4, 0.5) is 17.5 Å². The van der Waals surface area contributed by atoms with Crippen molar-refractivity contribution >= 4 is 29.1 Å². The fourth-order valence-electron chi connectivity index (χ4n) is 2.95. The van der Waals surface area contributed by atoms with Crippen molar-refractivity contribution in [2.75, 3.05) is 24.9 Å². The number of rotatable bonds is 6. The first-order valence-corrected chi connectivity index (χ1v) is 8.72. The summed E-state index contributed by atoms with van der Waals surface area (Å²) >= 11 is 6.14. The van der Waals surface area contributed by atoms with E-state index in [9.17, 15) is 0 Å². The lowest BCUT2D eigenvalue weighted by molar-refractivity contribution is 0.405. The van der Waals surface area contributed by atoms with Gasteiger partial charge in [0.1, 0.15) is 11.5 Å². The molecule has 0 saturated heterocycles. The van der Waals surface area contributed by atoms with Crippen molar-refractivity contribution in [3.05, 3.63) is 23.4 Å². The fourth-order valence-corrected chi connectivity index (χ4v) is 3.18. The lowest BCUT2D eigenvalue weighted by Gasteiger charge is -2.22. The van der Waals surface area contributed by atoms with Crippen LogP contribution in [0.1, 0.15) is 32.1 Å². The SMILES string of the molecule is COc1cc(Nc2cnnc(NC3CCCCC3)n2)c(OC)cc1Cl. The standard InChI is InChI=1S/C17H22ClN5O2/c1-24-14-9-13(15(25-2)8-12(14)18)21-16-10-19-23-17(22-16)20-11-6-4-3-5-7-11/h8-11H,3-7H2,1-2H3,(H2,20,21,22,23). The molecular weight excluding hydrogens is 342 g/mol. The molecule has 0 aliphatic heterocycles. The highest BCUT2D eigenvalue weighted by Gasteiger charge is 2.15. The first-order chi connectivity index (χ1) is 12.2. The molecule has 8 heteroatoms. The number of nitrogens with zero attached hydrogens (tertiary/aromatic N) is 3. The highest BCUT2D eigenvalue weighted by atomic mass is 35.5. The number of benzene rings is 1. The summed E-state index contributed by atoms with van der Waals surface area (Å²) in [6, 6.07) is 3.87. The normalized spacial score (nSPS) is 14.8. The molecule has 2 N–H and O–H groups in total. The van der Waals surface area contributed by atoms with E-state index in [0.717, 1.165) is 12.8 Å². The van der Waals surface area contributed by atoms with Crippen LogP contribution in [0.2, 0.25) is 5.02 Å². The van der Waals surface area contributed by atoms with Crippen molar-refractivity contribution in [2.24, 2.45) is 0 Å². The topological polar surface area (TPSA) is 81.2 Å². The zero-order valence-electron chi connectivity index (χ0n) is 14.4. The van der Waals surface area contributed by atoms with Crippen molar-refractivity contribution in [3.63, 3.8) is 0 Å². The first-order valence-electron chi connectivity index (χ1n) is 8.34. The summed E-state index contributed by atoms with van der Waals surface area (Å²) in [7, 11) is 3.15. The molecule has 1 saturated carbocycles. The van der Waals surface area contributed by atoms with Gasteiger partial charge in [0.05, 0.1) is 31.1 Å². The molecule has 0 radical (unpaired) electrons. The van der Waals surface area contributed by atoms with E-state index in [1.807, 2.05) is 0 Å². The second kappa shape index (κ2) is 8.20. The Kier molecular flexibility index (Phi) is 5.75. The smallest absolute Gasteiger partial charge is 0.244 e. The number of halogens is 1. The molecule has 1 aliphatic carbocycles. The lowest BCUT2D eigenvalue weighted by Crippen LogP contribution is -2.23. The van der Waals surface area contributed by atoms with E-state index in [1.165, 1.54) is 19.3 Å². The summed E-state index contributed by atoms with van der Waals surface area (Å²) in [6.07, 6.45) is 7.63. The quantitative estimate of drug-likeness (QED) is 0.801. The van der Waals surface area contributed by atoms with Crippen LogP contribution in [0.5, 0.6) is 11.5 Å². The van der Waals surface area contributed by atoms with Crippen molar-refractivity contribution in [2.45, 2.75) is 38.1 Å². The van der Waals surface area contributed by atoms with Gasteiger partial charge in [-0.05, 0) is 12.8 Å².